The zero-order valence-corrected chi connectivity index (χ0v) is 18.8. The van der Waals surface area contributed by atoms with Gasteiger partial charge in [0.2, 0.25) is 5.91 Å². The van der Waals surface area contributed by atoms with Gasteiger partial charge in [-0.05, 0) is 58.5 Å². The molecule has 1 atom stereocenters. The van der Waals surface area contributed by atoms with Crippen molar-refractivity contribution in [3.63, 3.8) is 0 Å². The molecule has 6 nitrogen and oxygen atoms in total. The Bertz CT molecular complexity index is 561. The van der Waals surface area contributed by atoms with E-state index in [0.29, 0.717) is 31.2 Å². The van der Waals surface area contributed by atoms with Crippen LogP contribution >= 0.6 is 0 Å². The second-order valence-electron chi connectivity index (χ2n) is 9.89. The molecule has 0 bridgehead atoms. The van der Waals surface area contributed by atoms with Gasteiger partial charge in [0.05, 0.1) is 0 Å². The molecule has 2 N–H and O–H groups in total. The third-order valence-electron chi connectivity index (χ3n) is 6.13. The molecular weight excluding hydrogens is 356 g/mol. The summed E-state index contributed by atoms with van der Waals surface area (Å²) >= 11 is 0. The van der Waals surface area contributed by atoms with Crippen molar-refractivity contribution in [3.8, 4) is 0 Å². The summed E-state index contributed by atoms with van der Waals surface area (Å²) in [6.45, 7) is 15.4. The fourth-order valence-corrected chi connectivity index (χ4v) is 4.38. The Morgan fingerprint density at radius 2 is 1.61 bits per heavy atom. The first-order valence-electron chi connectivity index (χ1n) is 10.6. The molecule has 1 amide bonds. The van der Waals surface area contributed by atoms with Crippen LogP contribution in [0.25, 0.3) is 0 Å². The van der Waals surface area contributed by atoms with Crippen molar-refractivity contribution in [3.05, 3.63) is 0 Å². The molecule has 1 rings (SSSR count). The van der Waals surface area contributed by atoms with Gasteiger partial charge in [-0.3, -0.25) is 9.59 Å². The molecule has 1 aliphatic heterocycles. The third kappa shape index (κ3) is 6.87. The minimum absolute atomic E-state index is 0.111. The number of carboxylic acids is 1. The van der Waals surface area contributed by atoms with E-state index in [-0.39, 0.29) is 11.7 Å². The van der Waals surface area contributed by atoms with E-state index in [4.69, 9.17) is 0 Å². The van der Waals surface area contributed by atoms with Crippen LogP contribution in [0, 0.1) is 16.7 Å². The maximum atomic E-state index is 12.9. The van der Waals surface area contributed by atoms with Crippen LogP contribution in [-0.2, 0) is 14.4 Å². The summed E-state index contributed by atoms with van der Waals surface area (Å²) in [6.07, 6.45) is 3.19. The minimum Gasteiger partial charge on any atom is -0.480 e. The number of ketones is 1. The summed E-state index contributed by atoms with van der Waals surface area (Å²) in [7, 11) is 0. The molecule has 1 heterocycles. The summed E-state index contributed by atoms with van der Waals surface area (Å²) in [6, 6.07) is -0.377. The van der Waals surface area contributed by atoms with Crippen molar-refractivity contribution in [2.75, 3.05) is 13.1 Å². The number of hydrogen-bond donors (Lipinski definition) is 2. The fraction of sp³-hybridized carbons (Fsp3) is 0.864. The molecular formula is C22H40N2O4. The Morgan fingerprint density at radius 3 is 2.04 bits per heavy atom. The number of nitrogens with zero attached hydrogens (tertiary/aromatic N) is 1. The van der Waals surface area contributed by atoms with Crippen LogP contribution in [0.2, 0.25) is 0 Å². The lowest BCUT2D eigenvalue weighted by molar-refractivity contribution is -0.145. The summed E-state index contributed by atoms with van der Waals surface area (Å²) in [5.41, 5.74) is -1.43. The Hall–Kier alpha value is -1.43. The molecule has 1 aliphatic rings. The van der Waals surface area contributed by atoms with Crippen LogP contribution in [0.5, 0.6) is 0 Å². The van der Waals surface area contributed by atoms with E-state index in [9.17, 15) is 19.5 Å². The van der Waals surface area contributed by atoms with Gasteiger partial charge in [-0.1, -0.05) is 34.6 Å². The van der Waals surface area contributed by atoms with E-state index >= 15 is 0 Å². The van der Waals surface area contributed by atoms with Crippen molar-refractivity contribution in [1.29, 1.82) is 0 Å². The molecule has 0 aromatic rings. The van der Waals surface area contributed by atoms with Crippen molar-refractivity contribution in [2.45, 2.75) is 92.7 Å². The molecule has 0 aromatic heterocycles. The van der Waals surface area contributed by atoms with Crippen molar-refractivity contribution in [2.24, 2.45) is 16.7 Å². The average Bonchev–Trinajstić information content (AvgIpc) is 2.59. The summed E-state index contributed by atoms with van der Waals surface area (Å²) in [5, 5.41) is 12.4. The molecule has 1 saturated heterocycles. The lowest BCUT2D eigenvalue weighted by atomic mass is 9.71. The normalized spacial score (nSPS) is 18.1. The zero-order chi connectivity index (χ0) is 21.7. The van der Waals surface area contributed by atoms with Gasteiger partial charge < -0.3 is 15.3 Å². The molecule has 1 fully saturated rings. The summed E-state index contributed by atoms with van der Waals surface area (Å²) in [5.74, 6) is -0.867. The van der Waals surface area contributed by atoms with Crippen molar-refractivity contribution < 1.29 is 19.5 Å². The molecule has 6 heteroatoms. The predicted octanol–water partition coefficient (Wildman–Crippen LogP) is 3.49. The standard InChI is InChI=1S/C22H40N2O4/c1-8-18(25)21(4,5)14-22(6,7)20(28)23-17(19(26)27)13-16-9-11-24(12-10-16)15(2)3/h15-17H,8-14H2,1-7H3,(H,23,28)(H,26,27). The number of carbonyl (C=O) groups excluding carboxylic acids is 2. The first-order valence-corrected chi connectivity index (χ1v) is 10.6. The molecule has 0 saturated carbocycles. The number of amides is 1. The highest BCUT2D eigenvalue weighted by Crippen LogP contribution is 2.35. The molecule has 162 valence electrons. The molecule has 0 aromatic carbocycles. The van der Waals surface area contributed by atoms with E-state index in [1.807, 2.05) is 20.8 Å². The highest BCUT2D eigenvalue weighted by Gasteiger charge is 2.39. The van der Waals surface area contributed by atoms with Gasteiger partial charge in [0.1, 0.15) is 11.8 Å². The van der Waals surface area contributed by atoms with Gasteiger partial charge >= 0.3 is 5.97 Å². The number of piperidine rings is 1. The van der Waals surface area contributed by atoms with Crippen LogP contribution in [0.1, 0.15) is 80.6 Å². The van der Waals surface area contributed by atoms with Gasteiger partial charge in [0, 0.05) is 23.3 Å². The van der Waals surface area contributed by atoms with E-state index in [2.05, 4.69) is 24.1 Å². The highest BCUT2D eigenvalue weighted by molar-refractivity contribution is 5.89. The second kappa shape index (κ2) is 9.86. The highest BCUT2D eigenvalue weighted by atomic mass is 16.4. The average molecular weight is 397 g/mol. The number of likely N-dealkylation sites (tertiary alicyclic amines) is 1. The van der Waals surface area contributed by atoms with E-state index in [1.54, 1.807) is 13.8 Å². The molecule has 28 heavy (non-hydrogen) atoms. The van der Waals surface area contributed by atoms with E-state index in [1.165, 1.54) is 0 Å². The van der Waals surface area contributed by atoms with Crippen molar-refractivity contribution in [1.82, 2.24) is 10.2 Å². The first-order chi connectivity index (χ1) is 12.8. The molecule has 1 unspecified atom stereocenters. The van der Waals surface area contributed by atoms with Crippen LogP contribution < -0.4 is 5.32 Å². The molecule has 0 spiro atoms. The van der Waals surface area contributed by atoms with Crippen LogP contribution in [-0.4, -0.2) is 52.8 Å². The van der Waals surface area contributed by atoms with E-state index < -0.39 is 22.8 Å². The molecule has 0 radical (unpaired) electrons. The number of aliphatic carboxylic acids is 1. The SMILES string of the molecule is CCC(=O)C(C)(C)CC(C)(C)C(=O)NC(CC1CCN(C(C)C)CC1)C(=O)O. The topological polar surface area (TPSA) is 86.7 Å². The Balaban J connectivity index is 2.71. The Labute approximate surface area is 170 Å². The van der Waals surface area contributed by atoms with Gasteiger partial charge in [-0.2, -0.15) is 0 Å². The zero-order valence-electron chi connectivity index (χ0n) is 18.8. The van der Waals surface area contributed by atoms with Gasteiger partial charge in [0.25, 0.3) is 0 Å². The van der Waals surface area contributed by atoms with Gasteiger partial charge in [-0.15, -0.1) is 0 Å². The van der Waals surface area contributed by atoms with Crippen molar-refractivity contribution >= 4 is 17.7 Å². The van der Waals surface area contributed by atoms with Gasteiger partial charge in [0.15, 0.2) is 0 Å². The van der Waals surface area contributed by atoms with Crippen LogP contribution in [0.4, 0.5) is 0 Å². The maximum absolute atomic E-state index is 12.9. The number of Topliss-reactive ketones (excluding diaryl/α,β-unsaturated/α-hetero) is 1. The summed E-state index contributed by atoms with van der Waals surface area (Å²) < 4.78 is 0. The maximum Gasteiger partial charge on any atom is 0.326 e. The second-order valence-corrected chi connectivity index (χ2v) is 9.89. The third-order valence-corrected chi connectivity index (χ3v) is 6.13. The molecule has 0 aliphatic carbocycles. The van der Waals surface area contributed by atoms with E-state index in [0.717, 1.165) is 25.9 Å². The number of nitrogens with one attached hydrogen (secondary N) is 1. The fourth-order valence-electron chi connectivity index (χ4n) is 4.38. The predicted molar refractivity (Wildman–Crippen MR) is 111 cm³/mol. The lowest BCUT2D eigenvalue weighted by Crippen LogP contribution is -2.49. The Morgan fingerprint density at radius 1 is 1.07 bits per heavy atom. The lowest BCUT2D eigenvalue weighted by Gasteiger charge is -2.36. The summed E-state index contributed by atoms with van der Waals surface area (Å²) in [4.78, 5) is 39.2. The van der Waals surface area contributed by atoms with Crippen LogP contribution in [0.15, 0.2) is 0 Å². The van der Waals surface area contributed by atoms with Gasteiger partial charge in [-0.25, -0.2) is 4.79 Å². The Kier molecular flexibility index (Phi) is 8.66. The number of carbonyl (C=O) groups is 3. The number of hydrogen-bond acceptors (Lipinski definition) is 4. The van der Waals surface area contributed by atoms with Crippen LogP contribution in [0.3, 0.4) is 0 Å². The smallest absolute Gasteiger partial charge is 0.326 e. The monoisotopic (exact) mass is 396 g/mol. The number of rotatable bonds is 10. The minimum atomic E-state index is -0.987. The first kappa shape index (κ1) is 24.6. The quantitative estimate of drug-likeness (QED) is 0.590. The number of carboxylic acid groups (broad SMARTS) is 1. The largest absolute Gasteiger partial charge is 0.480 e.